The van der Waals surface area contributed by atoms with Crippen LogP contribution in [0.15, 0.2) is 42.5 Å². The molecule has 27 heavy (non-hydrogen) atoms. The van der Waals surface area contributed by atoms with Gasteiger partial charge in [-0.05, 0) is 41.8 Å². The lowest BCUT2D eigenvalue weighted by Crippen LogP contribution is -2.25. The van der Waals surface area contributed by atoms with E-state index in [1.165, 1.54) is 6.08 Å². The Morgan fingerprint density at radius 3 is 2.48 bits per heavy atom. The lowest BCUT2D eigenvalue weighted by atomic mass is 10.1. The van der Waals surface area contributed by atoms with Gasteiger partial charge in [0, 0.05) is 28.2 Å². The molecule has 0 unspecified atom stereocenters. The van der Waals surface area contributed by atoms with Crippen LogP contribution >= 0.6 is 23.2 Å². The van der Waals surface area contributed by atoms with E-state index in [1.54, 1.807) is 43.5 Å². The Kier molecular flexibility index (Phi) is 8.01. The minimum absolute atomic E-state index is 0.128. The number of carbonyl (C=O) groups excluding carboxylic acids is 1. The maximum absolute atomic E-state index is 11.8. The number of benzene rings is 2. The van der Waals surface area contributed by atoms with E-state index in [0.717, 1.165) is 5.56 Å². The first kappa shape index (κ1) is 21.1. The average Bonchev–Trinajstić information content (AvgIpc) is 2.64. The molecule has 0 aliphatic rings. The molecule has 1 N–H and O–H groups in total. The molecule has 0 bridgehead atoms. The van der Waals surface area contributed by atoms with Gasteiger partial charge in [0.15, 0.2) is 11.5 Å². The van der Waals surface area contributed by atoms with E-state index < -0.39 is 0 Å². The lowest BCUT2D eigenvalue weighted by molar-refractivity contribution is -0.116. The molecule has 0 aromatic heterocycles. The Balaban J connectivity index is 2.06. The Morgan fingerprint density at radius 2 is 1.85 bits per heavy atom. The molecule has 144 valence electrons. The molecule has 2 aromatic carbocycles. The van der Waals surface area contributed by atoms with Gasteiger partial charge in [0.1, 0.15) is 6.61 Å². The standard InChI is InChI=1S/C21H23Cl2NO3/c1-14(2)12-24-21(25)10-8-15-7-9-19(20(11-15)26-3)27-13-16-17(22)5-4-6-18(16)23/h4-11,14H,12-13H2,1-3H3,(H,24,25)/b10-8+. The van der Waals surface area contributed by atoms with Gasteiger partial charge in [-0.2, -0.15) is 0 Å². The number of hydrogen-bond acceptors (Lipinski definition) is 3. The summed E-state index contributed by atoms with van der Waals surface area (Å²) in [6.45, 7) is 4.96. The van der Waals surface area contributed by atoms with Gasteiger partial charge in [-0.15, -0.1) is 0 Å². The molecule has 0 spiro atoms. The molecule has 2 rings (SSSR count). The van der Waals surface area contributed by atoms with Crippen molar-refractivity contribution < 1.29 is 14.3 Å². The number of amides is 1. The molecule has 2 aromatic rings. The first-order valence-corrected chi connectivity index (χ1v) is 9.36. The topological polar surface area (TPSA) is 47.6 Å². The van der Waals surface area contributed by atoms with Crippen LogP contribution in [0.2, 0.25) is 10.0 Å². The maximum atomic E-state index is 11.8. The number of halogens is 2. The zero-order valence-corrected chi connectivity index (χ0v) is 17.1. The smallest absolute Gasteiger partial charge is 0.244 e. The van der Waals surface area contributed by atoms with E-state index in [4.69, 9.17) is 32.7 Å². The minimum atomic E-state index is -0.128. The summed E-state index contributed by atoms with van der Waals surface area (Å²) in [5.74, 6) is 1.40. The largest absolute Gasteiger partial charge is 0.493 e. The zero-order chi connectivity index (χ0) is 19.8. The number of rotatable bonds is 8. The summed E-state index contributed by atoms with van der Waals surface area (Å²) >= 11 is 12.3. The summed E-state index contributed by atoms with van der Waals surface area (Å²) in [5, 5.41) is 3.93. The maximum Gasteiger partial charge on any atom is 0.244 e. The second-order valence-electron chi connectivity index (χ2n) is 6.37. The van der Waals surface area contributed by atoms with Crippen LogP contribution in [-0.2, 0) is 11.4 Å². The summed E-state index contributed by atoms with van der Waals surface area (Å²) in [7, 11) is 1.56. The van der Waals surface area contributed by atoms with Crippen LogP contribution in [0.4, 0.5) is 0 Å². The fourth-order valence-electron chi connectivity index (χ4n) is 2.26. The molecule has 0 saturated carbocycles. The summed E-state index contributed by atoms with van der Waals surface area (Å²) in [4.78, 5) is 11.8. The van der Waals surface area contributed by atoms with Gasteiger partial charge >= 0.3 is 0 Å². The van der Waals surface area contributed by atoms with Gasteiger partial charge in [-0.1, -0.05) is 49.2 Å². The normalized spacial score (nSPS) is 11.0. The highest BCUT2D eigenvalue weighted by atomic mass is 35.5. The van der Waals surface area contributed by atoms with Crippen LogP contribution in [0, 0.1) is 5.92 Å². The predicted octanol–water partition coefficient (Wildman–Crippen LogP) is 5.37. The van der Waals surface area contributed by atoms with Crippen molar-refractivity contribution in [3.63, 3.8) is 0 Å². The minimum Gasteiger partial charge on any atom is -0.493 e. The van der Waals surface area contributed by atoms with Crippen LogP contribution in [0.1, 0.15) is 25.0 Å². The van der Waals surface area contributed by atoms with Gasteiger partial charge in [0.25, 0.3) is 0 Å². The highest BCUT2D eigenvalue weighted by Crippen LogP contribution is 2.31. The van der Waals surface area contributed by atoms with Crippen molar-refractivity contribution in [1.82, 2.24) is 5.32 Å². The van der Waals surface area contributed by atoms with Gasteiger partial charge in [-0.25, -0.2) is 0 Å². The van der Waals surface area contributed by atoms with Crippen molar-refractivity contribution in [2.75, 3.05) is 13.7 Å². The van der Waals surface area contributed by atoms with Gasteiger partial charge in [-0.3, -0.25) is 4.79 Å². The Bertz CT molecular complexity index is 799. The molecule has 6 heteroatoms. The summed E-state index contributed by atoms with van der Waals surface area (Å²) in [6.07, 6.45) is 3.23. The molecular weight excluding hydrogens is 385 g/mol. The number of ether oxygens (including phenoxy) is 2. The lowest BCUT2D eigenvalue weighted by Gasteiger charge is -2.13. The molecule has 0 atom stereocenters. The quantitative estimate of drug-likeness (QED) is 0.598. The Hall–Kier alpha value is -2.17. The van der Waals surface area contributed by atoms with Gasteiger partial charge in [0.05, 0.1) is 7.11 Å². The van der Waals surface area contributed by atoms with E-state index in [-0.39, 0.29) is 12.5 Å². The van der Waals surface area contributed by atoms with Crippen LogP contribution in [0.25, 0.3) is 6.08 Å². The van der Waals surface area contributed by atoms with Crippen molar-refractivity contribution >= 4 is 35.2 Å². The van der Waals surface area contributed by atoms with Crippen LogP contribution in [0.5, 0.6) is 11.5 Å². The van der Waals surface area contributed by atoms with E-state index in [1.807, 2.05) is 19.9 Å². The summed E-state index contributed by atoms with van der Waals surface area (Å²) in [6, 6.07) is 10.7. The molecule has 0 aliphatic heterocycles. The molecule has 0 fully saturated rings. The Morgan fingerprint density at radius 1 is 1.15 bits per heavy atom. The molecular formula is C21H23Cl2NO3. The zero-order valence-electron chi connectivity index (χ0n) is 15.6. The second kappa shape index (κ2) is 10.2. The molecule has 1 amide bonds. The number of hydrogen-bond donors (Lipinski definition) is 1. The first-order valence-electron chi connectivity index (χ1n) is 8.60. The van der Waals surface area contributed by atoms with Gasteiger partial charge in [0.2, 0.25) is 5.91 Å². The van der Waals surface area contributed by atoms with E-state index >= 15 is 0 Å². The van der Waals surface area contributed by atoms with Crippen molar-refractivity contribution in [2.24, 2.45) is 5.92 Å². The summed E-state index contributed by atoms with van der Waals surface area (Å²) in [5.41, 5.74) is 1.54. The fraction of sp³-hybridized carbons (Fsp3) is 0.286. The van der Waals surface area contributed by atoms with E-state index in [0.29, 0.717) is 39.6 Å². The van der Waals surface area contributed by atoms with E-state index in [9.17, 15) is 4.79 Å². The monoisotopic (exact) mass is 407 g/mol. The van der Waals surface area contributed by atoms with Crippen LogP contribution < -0.4 is 14.8 Å². The summed E-state index contributed by atoms with van der Waals surface area (Å²) < 4.78 is 11.2. The fourth-order valence-corrected chi connectivity index (χ4v) is 2.77. The third-order valence-electron chi connectivity index (χ3n) is 3.73. The number of methoxy groups -OCH3 is 1. The molecule has 0 heterocycles. The number of carbonyl (C=O) groups is 1. The second-order valence-corrected chi connectivity index (χ2v) is 7.19. The van der Waals surface area contributed by atoms with Crippen LogP contribution in [-0.4, -0.2) is 19.6 Å². The van der Waals surface area contributed by atoms with Crippen molar-refractivity contribution in [1.29, 1.82) is 0 Å². The van der Waals surface area contributed by atoms with Crippen molar-refractivity contribution in [3.05, 3.63) is 63.6 Å². The average molecular weight is 408 g/mol. The highest BCUT2D eigenvalue weighted by molar-refractivity contribution is 6.35. The third-order valence-corrected chi connectivity index (χ3v) is 4.44. The van der Waals surface area contributed by atoms with Crippen molar-refractivity contribution in [2.45, 2.75) is 20.5 Å². The molecule has 4 nitrogen and oxygen atoms in total. The molecule has 0 saturated heterocycles. The highest BCUT2D eigenvalue weighted by Gasteiger charge is 2.10. The molecule has 0 radical (unpaired) electrons. The third kappa shape index (κ3) is 6.49. The van der Waals surface area contributed by atoms with E-state index in [2.05, 4.69) is 5.32 Å². The Labute approximate surface area is 170 Å². The SMILES string of the molecule is COc1cc(/C=C/C(=O)NCC(C)C)ccc1OCc1c(Cl)cccc1Cl. The molecule has 0 aliphatic carbocycles. The predicted molar refractivity (Wildman–Crippen MR) is 111 cm³/mol. The van der Waals surface area contributed by atoms with Crippen LogP contribution in [0.3, 0.4) is 0 Å². The number of nitrogens with one attached hydrogen (secondary N) is 1. The first-order chi connectivity index (χ1) is 12.9. The van der Waals surface area contributed by atoms with Gasteiger partial charge < -0.3 is 14.8 Å². The van der Waals surface area contributed by atoms with Crippen molar-refractivity contribution in [3.8, 4) is 11.5 Å².